The molecule has 0 spiro atoms. The number of fused-ring (bicyclic) bond motifs is 5. The minimum absolute atomic E-state index is 0.145. The van der Waals surface area contributed by atoms with Gasteiger partial charge in [-0.25, -0.2) is 0 Å². The SMILES string of the molecule is CN1B(c2ccc3oc4ccc(B5N(C)c6ccccc6N5C)cc4c3c2)N(C)c2ccccc21. The summed E-state index contributed by atoms with van der Waals surface area (Å²) in [6.07, 6.45) is 0. The molecule has 2 aliphatic heterocycles. The lowest BCUT2D eigenvalue weighted by Crippen LogP contribution is -2.53. The second-order valence-electron chi connectivity index (χ2n) is 9.78. The number of rotatable bonds is 2. The quantitative estimate of drug-likeness (QED) is 0.372. The van der Waals surface area contributed by atoms with Gasteiger partial charge in [0.15, 0.2) is 0 Å². The summed E-state index contributed by atoms with van der Waals surface area (Å²) in [5.41, 5.74) is 9.40. The van der Waals surface area contributed by atoms with E-state index in [0.717, 1.165) is 21.9 Å². The summed E-state index contributed by atoms with van der Waals surface area (Å²) in [6.45, 7) is 0.290. The summed E-state index contributed by atoms with van der Waals surface area (Å²) in [5.74, 6) is 0. The number of para-hydroxylation sites is 4. The number of benzene rings is 4. The van der Waals surface area contributed by atoms with Crippen molar-refractivity contribution in [2.24, 2.45) is 0 Å². The highest BCUT2D eigenvalue weighted by Crippen LogP contribution is 2.37. The van der Waals surface area contributed by atoms with Gasteiger partial charge in [0.05, 0.1) is 0 Å². The maximum Gasteiger partial charge on any atom is 0.411 e. The van der Waals surface area contributed by atoms with E-state index in [0.29, 0.717) is 0 Å². The number of nitrogens with zero attached hydrogens (tertiary/aromatic N) is 4. The molecular weight excluding hydrogens is 430 g/mol. The van der Waals surface area contributed by atoms with Gasteiger partial charge in [0.25, 0.3) is 0 Å². The first kappa shape index (κ1) is 20.4. The van der Waals surface area contributed by atoms with Crippen molar-refractivity contribution in [3.05, 3.63) is 84.9 Å². The highest BCUT2D eigenvalue weighted by molar-refractivity contribution is 6.82. The Morgan fingerprint density at radius 2 is 0.829 bits per heavy atom. The third kappa shape index (κ3) is 2.78. The van der Waals surface area contributed by atoms with E-state index in [-0.39, 0.29) is 14.0 Å². The molecule has 0 radical (unpaired) electrons. The first-order valence-electron chi connectivity index (χ1n) is 12.1. The molecule has 5 aromatic rings. The van der Waals surface area contributed by atoms with E-state index in [2.05, 4.69) is 132 Å². The van der Waals surface area contributed by atoms with E-state index >= 15 is 0 Å². The van der Waals surface area contributed by atoms with E-state index in [1.165, 1.54) is 33.7 Å². The molecule has 170 valence electrons. The van der Waals surface area contributed by atoms with Crippen molar-refractivity contribution >= 4 is 69.6 Å². The fraction of sp³-hybridized carbons (Fsp3) is 0.143. The number of furan rings is 1. The Morgan fingerprint density at radius 3 is 1.17 bits per heavy atom. The van der Waals surface area contributed by atoms with Gasteiger partial charge >= 0.3 is 14.0 Å². The third-order valence-corrected chi connectivity index (χ3v) is 7.86. The van der Waals surface area contributed by atoms with Crippen LogP contribution in [0.15, 0.2) is 89.3 Å². The summed E-state index contributed by atoms with van der Waals surface area (Å²) in [6, 6.07) is 30.5. The fourth-order valence-electron chi connectivity index (χ4n) is 6.20. The monoisotopic (exact) mass is 456 g/mol. The predicted octanol–water partition coefficient (Wildman–Crippen LogP) is 4.15. The summed E-state index contributed by atoms with van der Waals surface area (Å²) in [7, 11) is 8.69. The van der Waals surface area contributed by atoms with Crippen molar-refractivity contribution in [3.8, 4) is 0 Å². The van der Waals surface area contributed by atoms with Crippen LogP contribution < -0.4 is 30.2 Å². The Balaban J connectivity index is 1.33. The molecule has 4 aromatic carbocycles. The largest absolute Gasteiger partial charge is 0.456 e. The summed E-state index contributed by atoms with van der Waals surface area (Å²) in [5, 5.41) is 2.33. The zero-order valence-corrected chi connectivity index (χ0v) is 20.4. The zero-order chi connectivity index (χ0) is 23.8. The summed E-state index contributed by atoms with van der Waals surface area (Å²) >= 11 is 0. The van der Waals surface area contributed by atoms with Crippen LogP contribution in [0.3, 0.4) is 0 Å². The number of hydrogen-bond acceptors (Lipinski definition) is 5. The van der Waals surface area contributed by atoms with E-state index in [9.17, 15) is 0 Å². The van der Waals surface area contributed by atoms with Crippen LogP contribution in [0.5, 0.6) is 0 Å². The van der Waals surface area contributed by atoms with Crippen molar-refractivity contribution in [1.29, 1.82) is 0 Å². The van der Waals surface area contributed by atoms with Crippen molar-refractivity contribution in [1.82, 2.24) is 0 Å². The highest BCUT2D eigenvalue weighted by Gasteiger charge is 2.39. The molecule has 35 heavy (non-hydrogen) atoms. The lowest BCUT2D eigenvalue weighted by Gasteiger charge is -2.24. The van der Waals surface area contributed by atoms with Crippen LogP contribution in [0.1, 0.15) is 0 Å². The smallest absolute Gasteiger partial charge is 0.411 e. The predicted molar refractivity (Wildman–Crippen MR) is 151 cm³/mol. The molecular formula is C28H26B2N4O. The van der Waals surface area contributed by atoms with Gasteiger partial charge in [-0.1, -0.05) is 48.5 Å². The minimum atomic E-state index is 0.145. The second-order valence-corrected chi connectivity index (χ2v) is 9.78. The van der Waals surface area contributed by atoms with Crippen LogP contribution >= 0.6 is 0 Å². The Kier molecular flexibility index (Phi) is 4.23. The van der Waals surface area contributed by atoms with E-state index < -0.39 is 0 Å². The fourth-order valence-corrected chi connectivity index (χ4v) is 6.20. The van der Waals surface area contributed by atoms with Gasteiger partial charge in [-0.2, -0.15) is 0 Å². The summed E-state index contributed by atoms with van der Waals surface area (Å²) in [4.78, 5) is 9.40. The molecule has 0 saturated carbocycles. The van der Waals surface area contributed by atoms with Gasteiger partial charge in [-0.3, -0.25) is 0 Å². The normalized spacial score (nSPS) is 15.1. The van der Waals surface area contributed by atoms with E-state index in [4.69, 9.17) is 4.42 Å². The van der Waals surface area contributed by atoms with Crippen LogP contribution in [0.2, 0.25) is 0 Å². The Labute approximate surface area is 206 Å². The molecule has 0 fully saturated rings. The Morgan fingerprint density at radius 1 is 0.486 bits per heavy atom. The first-order chi connectivity index (χ1) is 17.0. The molecule has 0 aliphatic carbocycles. The van der Waals surface area contributed by atoms with Gasteiger partial charge < -0.3 is 23.7 Å². The number of anilines is 4. The average Bonchev–Trinajstić information content (AvgIpc) is 3.46. The van der Waals surface area contributed by atoms with Crippen LogP contribution in [0.25, 0.3) is 21.9 Å². The van der Waals surface area contributed by atoms with Crippen LogP contribution in [0.4, 0.5) is 22.7 Å². The topological polar surface area (TPSA) is 26.1 Å². The minimum Gasteiger partial charge on any atom is -0.456 e. The maximum absolute atomic E-state index is 6.26. The standard InChI is InChI=1S/C28H26B2N4O/c1-31-23-9-5-6-10-24(23)32(2)29(31)19-13-15-27-21(17-19)22-18-20(14-16-28(22)35-27)30-33(3)25-11-7-8-12-26(25)34(30)4/h5-18H,1-4H3. The van der Waals surface area contributed by atoms with Crippen molar-refractivity contribution in [2.45, 2.75) is 0 Å². The van der Waals surface area contributed by atoms with Crippen molar-refractivity contribution < 1.29 is 4.42 Å². The van der Waals surface area contributed by atoms with Gasteiger partial charge in [-0.15, -0.1) is 0 Å². The average molecular weight is 456 g/mol. The number of hydrogen-bond donors (Lipinski definition) is 0. The van der Waals surface area contributed by atoms with Gasteiger partial charge in [0, 0.05) is 33.5 Å². The van der Waals surface area contributed by atoms with Crippen molar-refractivity contribution in [3.63, 3.8) is 0 Å². The van der Waals surface area contributed by atoms with E-state index in [1.54, 1.807) is 0 Å². The lowest BCUT2D eigenvalue weighted by atomic mass is 9.65. The maximum atomic E-state index is 6.26. The Hall–Kier alpha value is -3.99. The Bertz CT molecular complexity index is 1440. The van der Waals surface area contributed by atoms with Gasteiger partial charge in [0.2, 0.25) is 0 Å². The highest BCUT2D eigenvalue weighted by atomic mass is 16.3. The molecule has 0 N–H and O–H groups in total. The molecule has 0 unspecified atom stereocenters. The molecule has 0 bridgehead atoms. The molecule has 0 atom stereocenters. The van der Waals surface area contributed by atoms with Crippen LogP contribution in [-0.2, 0) is 0 Å². The molecule has 7 heteroatoms. The second kappa shape index (κ2) is 7.25. The molecule has 7 rings (SSSR count). The molecule has 0 saturated heterocycles. The molecule has 2 aliphatic rings. The van der Waals surface area contributed by atoms with Crippen LogP contribution in [0, 0.1) is 0 Å². The molecule has 3 heterocycles. The molecule has 1 aromatic heterocycles. The molecule has 0 amide bonds. The van der Waals surface area contributed by atoms with Crippen molar-refractivity contribution in [2.75, 3.05) is 47.4 Å². The summed E-state index contributed by atoms with van der Waals surface area (Å²) < 4.78 is 6.26. The lowest BCUT2D eigenvalue weighted by molar-refractivity contribution is 0.669. The van der Waals surface area contributed by atoms with E-state index in [1.807, 2.05) is 0 Å². The first-order valence-corrected chi connectivity index (χ1v) is 12.1. The van der Waals surface area contributed by atoms with Gasteiger partial charge in [0.1, 0.15) is 11.2 Å². The van der Waals surface area contributed by atoms with Crippen LogP contribution in [-0.4, -0.2) is 42.2 Å². The zero-order valence-electron chi connectivity index (χ0n) is 20.4. The third-order valence-electron chi connectivity index (χ3n) is 7.86. The van der Waals surface area contributed by atoms with Gasteiger partial charge in [-0.05, 0) is 75.5 Å². The molecule has 5 nitrogen and oxygen atoms in total.